The smallest absolute Gasteiger partial charge is 0.341 e. The molecule has 85 heavy (non-hydrogen) atoms. The fourth-order valence-electron chi connectivity index (χ4n) is 11.1. The zero-order chi connectivity index (χ0) is 61.0. The number of piperidine rings is 1. The number of carboxylic acids is 1. The number of carbonyl (C=O) groups excluding carboxylic acids is 2. The van der Waals surface area contributed by atoms with E-state index in [-0.39, 0.29) is 64.6 Å². The van der Waals surface area contributed by atoms with Crippen molar-refractivity contribution in [1.82, 2.24) is 59.9 Å². The van der Waals surface area contributed by atoms with Crippen molar-refractivity contribution in [3.63, 3.8) is 0 Å². The molecule has 4 aromatic heterocycles. The fourth-order valence-corrected chi connectivity index (χ4v) is 12.1. The molecular formula is C60H74F3N13O8S. The van der Waals surface area contributed by atoms with E-state index >= 15 is 0 Å². The molecule has 7 aromatic rings. The molecular weight excluding hydrogens is 1120 g/mol. The minimum absolute atomic E-state index is 0.0110. The Balaban J connectivity index is 0.000000178. The summed E-state index contributed by atoms with van der Waals surface area (Å²) in [5.74, 6) is -2.03. The van der Waals surface area contributed by atoms with Crippen LogP contribution >= 0.6 is 11.8 Å². The van der Waals surface area contributed by atoms with E-state index in [2.05, 4.69) is 46.0 Å². The number of aryl methyl sites for hydroxylation is 1. The average molecular weight is 1190 g/mol. The van der Waals surface area contributed by atoms with Crippen LogP contribution in [0, 0.1) is 36.2 Å². The van der Waals surface area contributed by atoms with Gasteiger partial charge in [0.25, 0.3) is 5.91 Å². The molecule has 2 saturated heterocycles. The molecule has 2 aliphatic heterocycles. The highest BCUT2D eigenvalue weighted by atomic mass is 32.2. The molecule has 0 unspecified atom stereocenters. The number of phenols is 1. The molecule has 3 aromatic carbocycles. The number of β-amino-alcohol motifs (C(OH)–C–C–N with tert-alkyl or cyclic N) is 1. The molecule has 10 rings (SSSR count). The van der Waals surface area contributed by atoms with Gasteiger partial charge < -0.3 is 45.8 Å². The Bertz CT molecular complexity index is 3400. The number of phenolic OH excluding ortho intramolecular Hbond substituents is 1. The number of piperazine rings is 1. The number of anilines is 1. The van der Waals surface area contributed by atoms with Crippen molar-refractivity contribution in [3.05, 3.63) is 154 Å². The molecule has 21 nitrogen and oxygen atoms in total. The monoisotopic (exact) mass is 1190 g/mol. The van der Waals surface area contributed by atoms with E-state index in [1.54, 1.807) is 41.5 Å². The summed E-state index contributed by atoms with van der Waals surface area (Å²) >= 11 is 1.57. The molecule has 1 aliphatic carbocycles. The quantitative estimate of drug-likeness (QED) is 0.0504. The Morgan fingerprint density at radius 2 is 1.54 bits per heavy atom. The van der Waals surface area contributed by atoms with Crippen LogP contribution in [0.5, 0.6) is 5.75 Å². The van der Waals surface area contributed by atoms with Gasteiger partial charge in [0, 0.05) is 91.0 Å². The predicted octanol–water partition coefficient (Wildman–Crippen LogP) is 6.15. The largest absolute Gasteiger partial charge is 0.508 e. The van der Waals surface area contributed by atoms with Crippen molar-refractivity contribution in [2.24, 2.45) is 11.8 Å². The first kappa shape index (κ1) is 63.3. The number of nitrogens with one attached hydrogen (secondary N) is 3. The molecule has 3 fully saturated rings. The summed E-state index contributed by atoms with van der Waals surface area (Å²) in [6, 6.07) is 18.1. The molecule has 3 aliphatic rings. The lowest BCUT2D eigenvalue weighted by Crippen LogP contribution is -2.60. The molecule has 5 atom stereocenters. The van der Waals surface area contributed by atoms with Crippen molar-refractivity contribution in [2.45, 2.75) is 121 Å². The Morgan fingerprint density at radius 1 is 0.871 bits per heavy atom. The van der Waals surface area contributed by atoms with Gasteiger partial charge in [0.15, 0.2) is 11.6 Å². The first-order chi connectivity index (χ1) is 40.6. The van der Waals surface area contributed by atoms with Gasteiger partial charge in [-0.25, -0.2) is 42.3 Å². The summed E-state index contributed by atoms with van der Waals surface area (Å²) < 4.78 is 45.9. The predicted molar refractivity (Wildman–Crippen MR) is 315 cm³/mol. The Labute approximate surface area is 494 Å². The van der Waals surface area contributed by atoms with Crippen LogP contribution in [-0.4, -0.2) is 151 Å². The average Bonchev–Trinajstić information content (AvgIpc) is 2.35. The Kier molecular flexibility index (Phi) is 21.2. The number of hydrogen-bond acceptors (Lipinski definition) is 16. The maximum atomic E-state index is 14.4. The zero-order valence-corrected chi connectivity index (χ0v) is 49.1. The number of aromatic hydroxyl groups is 1. The molecule has 25 heteroatoms. The topological polar surface area (TPSA) is 271 Å². The third-order valence-electron chi connectivity index (χ3n) is 15.4. The second-order valence-electron chi connectivity index (χ2n) is 22.7. The number of aliphatic hydroxyl groups excluding tert-OH is 1. The summed E-state index contributed by atoms with van der Waals surface area (Å²) in [6.45, 7) is 13.6. The molecule has 0 bridgehead atoms. The molecule has 1 saturated carbocycles. The van der Waals surface area contributed by atoms with Gasteiger partial charge in [-0.2, -0.15) is 10.2 Å². The van der Waals surface area contributed by atoms with E-state index in [4.69, 9.17) is 5.11 Å². The van der Waals surface area contributed by atoms with Gasteiger partial charge in [0.1, 0.15) is 59.5 Å². The highest BCUT2D eigenvalue weighted by molar-refractivity contribution is 7.99. The van der Waals surface area contributed by atoms with Crippen LogP contribution in [0.4, 0.5) is 19.0 Å². The molecule has 454 valence electrons. The van der Waals surface area contributed by atoms with Gasteiger partial charge >= 0.3 is 5.97 Å². The number of fused-ring (bicyclic) bond motifs is 2. The summed E-state index contributed by atoms with van der Waals surface area (Å²) in [6.07, 6.45) is 11.3. The normalized spacial score (nSPS) is 18.0. The third-order valence-corrected chi connectivity index (χ3v) is 16.5. The number of nitrogens with zero attached hydrogens (tertiary/aromatic N) is 10. The second-order valence-corrected chi connectivity index (χ2v) is 23.8. The van der Waals surface area contributed by atoms with Gasteiger partial charge in [0.2, 0.25) is 11.3 Å². The number of halogens is 3. The molecule has 6 heterocycles. The molecule has 0 spiro atoms. The van der Waals surface area contributed by atoms with Crippen LogP contribution in [0.1, 0.15) is 91.6 Å². The van der Waals surface area contributed by atoms with Crippen LogP contribution in [0.15, 0.2) is 114 Å². The zero-order valence-electron chi connectivity index (χ0n) is 48.2. The number of thioether (sulfide) groups is 1. The van der Waals surface area contributed by atoms with Crippen LogP contribution < -0.4 is 26.3 Å². The van der Waals surface area contributed by atoms with E-state index in [0.717, 1.165) is 62.0 Å². The summed E-state index contributed by atoms with van der Waals surface area (Å²) in [4.78, 5) is 67.2. The number of carboxylic acid groups (broad SMARTS) is 1. The van der Waals surface area contributed by atoms with Crippen molar-refractivity contribution >= 4 is 46.4 Å². The van der Waals surface area contributed by atoms with Crippen molar-refractivity contribution < 1.29 is 48.0 Å². The van der Waals surface area contributed by atoms with E-state index in [0.29, 0.717) is 60.5 Å². The van der Waals surface area contributed by atoms with E-state index < -0.39 is 46.6 Å². The van der Waals surface area contributed by atoms with E-state index in [1.807, 2.05) is 62.9 Å². The number of benzene rings is 3. The number of likely N-dealkylation sites (tertiary alicyclic amines) is 1. The lowest BCUT2D eigenvalue weighted by Gasteiger charge is -2.47. The second kappa shape index (κ2) is 28.5. The summed E-state index contributed by atoms with van der Waals surface area (Å²) in [5, 5.41) is 59.1. The number of hydrogen-bond donors (Lipinski definition) is 7. The first-order valence-corrected chi connectivity index (χ1v) is 29.4. The number of carbonyl (C=O) groups is 3. The number of aliphatic hydroxyl groups is 2. The lowest BCUT2D eigenvalue weighted by molar-refractivity contribution is -0.132. The van der Waals surface area contributed by atoms with Crippen LogP contribution in [0.2, 0.25) is 0 Å². The highest BCUT2D eigenvalue weighted by Crippen LogP contribution is 2.39. The van der Waals surface area contributed by atoms with E-state index in [1.165, 1.54) is 59.8 Å². The SMILES string of the molecule is CCn1cc(C(=O)O)c(=O)c2cc(F)c(N3CCNCC3)nc21.Cc1c(O)cccc1C(=O)N[C@@H](CSc1ccccc1)[C@H](O)CN1C[C@H]2CCCC[C@H]2C[C@H]1C(=O)NC(C)(C)C.OC(Cn1cncn1)(Cn1cncn1)c1ccc(F)cc1F. The van der Waals surface area contributed by atoms with Gasteiger partial charge in [-0.05, 0) is 95.7 Å². The van der Waals surface area contributed by atoms with Crippen LogP contribution in [0.25, 0.3) is 11.0 Å². The van der Waals surface area contributed by atoms with Crippen LogP contribution in [0.3, 0.4) is 0 Å². The van der Waals surface area contributed by atoms with Gasteiger partial charge in [-0.15, -0.1) is 11.8 Å². The maximum absolute atomic E-state index is 14.4. The number of aromatic nitrogens is 8. The van der Waals surface area contributed by atoms with Crippen molar-refractivity contribution in [3.8, 4) is 5.75 Å². The number of amides is 2. The summed E-state index contributed by atoms with van der Waals surface area (Å²) in [5.41, 5.74) is -2.00. The first-order valence-electron chi connectivity index (χ1n) is 28.4. The third kappa shape index (κ3) is 16.4. The molecule has 0 radical (unpaired) electrons. The Morgan fingerprint density at radius 3 is 2.15 bits per heavy atom. The minimum Gasteiger partial charge on any atom is -0.508 e. The number of rotatable bonds is 17. The highest BCUT2D eigenvalue weighted by Gasteiger charge is 2.42. The standard InChI is InChI=1S/C32H45N3O4S.C15H17FN4O3.C13H12F2N6O/c1-21-25(15-10-16-28(21)36)30(38)33-26(20-40-24-13-6-5-7-14-24)29(37)19-35-18-23-12-9-8-11-22(23)17-27(35)31(39)34-32(2,3)4;1-2-19-8-10(15(22)23)12(21)9-7-11(16)14(18-13(9)19)20-5-3-17-4-6-20;14-10-1-2-11(12(15)3-10)13(22,4-20-8-16-6-18-20)5-21-9-17-7-19-21/h5-7,10,13-16,22-23,26-27,29,36-37H,8-9,11-12,17-20H2,1-4H3,(H,33,38)(H,34,39);7-8,17H,2-6H2,1H3,(H,22,23);1-3,6-9,22H,4-5H2/t22-,23+,26-,27-,29+;;/m0../s1. The van der Waals surface area contributed by atoms with Crippen LogP contribution in [-0.2, 0) is 30.0 Å². The van der Waals surface area contributed by atoms with Gasteiger partial charge in [-0.3, -0.25) is 19.3 Å². The fraction of sp³-hybridized carbons (Fsp3) is 0.450. The maximum Gasteiger partial charge on any atom is 0.341 e. The van der Waals surface area contributed by atoms with E-state index in [9.17, 15) is 47.7 Å². The van der Waals surface area contributed by atoms with Crippen molar-refractivity contribution in [2.75, 3.05) is 49.9 Å². The Hall–Kier alpha value is -7.71. The van der Waals surface area contributed by atoms with Gasteiger partial charge in [-0.1, -0.05) is 49.6 Å². The van der Waals surface area contributed by atoms with Crippen molar-refractivity contribution in [1.29, 1.82) is 0 Å². The minimum atomic E-state index is -1.70. The molecule has 2 amide bonds. The number of aromatic carboxylic acids is 1. The number of pyridine rings is 2. The lowest BCUT2D eigenvalue weighted by atomic mass is 9.72. The van der Waals surface area contributed by atoms with Gasteiger partial charge in [0.05, 0.1) is 36.7 Å². The molecule has 7 N–H and O–H groups in total. The summed E-state index contributed by atoms with van der Waals surface area (Å²) in [7, 11) is 0.